The monoisotopic (exact) mass is 564 g/mol. The van der Waals surface area contributed by atoms with Crippen molar-refractivity contribution >= 4 is 40.8 Å². The largest absolute Gasteiger partial charge is 0.459 e. The lowest BCUT2D eigenvalue weighted by Gasteiger charge is -2.23. The van der Waals surface area contributed by atoms with Gasteiger partial charge in [-0.1, -0.05) is 30.3 Å². The number of carbonyl (C=O) groups excluding carboxylic acids is 5. The van der Waals surface area contributed by atoms with E-state index in [1.54, 1.807) is 46.8 Å². The topological polar surface area (TPSA) is 154 Å². The third kappa shape index (κ3) is 13.3. The van der Waals surface area contributed by atoms with E-state index >= 15 is 0 Å². The van der Waals surface area contributed by atoms with Gasteiger partial charge in [-0.25, -0.2) is 14.4 Å². The molecule has 1 aromatic heterocycles. The van der Waals surface area contributed by atoms with Gasteiger partial charge >= 0.3 is 29.2 Å². The van der Waals surface area contributed by atoms with Crippen LogP contribution in [0.5, 0.6) is 0 Å². The maximum Gasteiger partial charge on any atom is 0.407 e. The van der Waals surface area contributed by atoms with Gasteiger partial charge in [0.25, 0.3) is 0 Å². The first-order valence-corrected chi connectivity index (χ1v) is 12.4. The molecule has 0 unspecified atom stereocenters. The second-order valence-electron chi connectivity index (χ2n) is 8.65. The van der Waals surface area contributed by atoms with Gasteiger partial charge in [-0.3, -0.25) is 9.59 Å². The van der Waals surface area contributed by atoms with Crippen molar-refractivity contribution in [3.05, 3.63) is 48.2 Å². The maximum atomic E-state index is 12.5. The summed E-state index contributed by atoms with van der Waals surface area (Å²) >= 11 is 4.69. The van der Waals surface area contributed by atoms with Gasteiger partial charge in [0.15, 0.2) is 0 Å². The fraction of sp³-hybridized carbons (Fsp3) is 0.423. The number of aromatic nitrogens is 2. The highest BCUT2D eigenvalue weighted by molar-refractivity contribution is 6.80. The Hall–Kier alpha value is -4.06. The molecule has 0 fully saturated rings. The molecule has 0 atom stereocenters. The van der Waals surface area contributed by atoms with Crippen LogP contribution in [0.3, 0.4) is 0 Å². The van der Waals surface area contributed by atoms with Crippen molar-refractivity contribution in [2.24, 2.45) is 0 Å². The second kappa shape index (κ2) is 16.7. The smallest absolute Gasteiger partial charge is 0.407 e. The molecule has 13 heteroatoms. The first-order valence-electron chi connectivity index (χ1n) is 12.0. The number of halogens is 1. The summed E-state index contributed by atoms with van der Waals surface area (Å²) in [4.78, 5) is 57.4. The van der Waals surface area contributed by atoms with E-state index in [1.807, 2.05) is 30.3 Å². The van der Waals surface area contributed by atoms with E-state index in [-0.39, 0.29) is 32.8 Å². The number of amides is 2. The molecule has 2 rings (SSSR count). The summed E-state index contributed by atoms with van der Waals surface area (Å²) in [6.07, 6.45) is -0.608. The first-order chi connectivity index (χ1) is 18.4. The molecule has 39 heavy (non-hydrogen) atoms. The summed E-state index contributed by atoms with van der Waals surface area (Å²) in [6, 6.07) is 13.1. The van der Waals surface area contributed by atoms with Crippen LogP contribution in [0.2, 0.25) is 0 Å². The molecule has 2 aromatic rings. The van der Waals surface area contributed by atoms with Crippen molar-refractivity contribution < 1.29 is 38.2 Å². The third-order valence-electron chi connectivity index (χ3n) is 4.37. The van der Waals surface area contributed by atoms with Crippen molar-refractivity contribution in [2.75, 3.05) is 26.3 Å². The van der Waals surface area contributed by atoms with Crippen molar-refractivity contribution in [2.45, 2.75) is 46.8 Å². The van der Waals surface area contributed by atoms with Crippen LogP contribution in [-0.4, -0.2) is 76.2 Å². The fourth-order valence-corrected chi connectivity index (χ4v) is 2.83. The van der Waals surface area contributed by atoms with Gasteiger partial charge in [-0.05, 0) is 58.4 Å². The minimum Gasteiger partial charge on any atom is -0.459 e. The van der Waals surface area contributed by atoms with Crippen molar-refractivity contribution in [1.29, 1.82) is 0 Å². The first kappa shape index (κ1) is 33.0. The normalized spacial score (nSPS) is 10.3. The van der Waals surface area contributed by atoms with E-state index in [0.29, 0.717) is 11.4 Å². The van der Waals surface area contributed by atoms with E-state index in [1.165, 1.54) is 4.90 Å². The molecule has 1 N–H and O–H groups in total. The average Bonchev–Trinajstić information content (AvgIpc) is 2.88. The number of benzene rings is 1. The number of hydrogen-bond donors (Lipinski definition) is 1. The third-order valence-corrected chi connectivity index (χ3v) is 4.52. The number of nitrogens with zero attached hydrogens (tertiary/aromatic N) is 3. The van der Waals surface area contributed by atoms with E-state index in [0.717, 1.165) is 5.56 Å². The van der Waals surface area contributed by atoms with Crippen LogP contribution in [0.4, 0.5) is 4.79 Å². The fourth-order valence-electron chi connectivity index (χ4n) is 2.77. The second-order valence-corrected chi connectivity index (χ2v) is 8.99. The van der Waals surface area contributed by atoms with Gasteiger partial charge in [0.05, 0.1) is 31.1 Å². The molecule has 212 valence electrons. The molecule has 0 saturated carbocycles. The van der Waals surface area contributed by atoms with E-state index in [4.69, 9.17) is 21.1 Å². The molecule has 2 amide bonds. The van der Waals surface area contributed by atoms with Crippen LogP contribution in [-0.2, 0) is 39.9 Å². The summed E-state index contributed by atoms with van der Waals surface area (Å²) in [5.74, 6) is -2.77. The van der Waals surface area contributed by atoms with E-state index < -0.39 is 34.8 Å². The van der Waals surface area contributed by atoms with Gasteiger partial charge in [0.1, 0.15) is 5.60 Å². The van der Waals surface area contributed by atoms with Gasteiger partial charge in [-0.15, -0.1) is 0 Å². The van der Waals surface area contributed by atoms with Crippen LogP contribution < -0.4 is 5.32 Å². The van der Waals surface area contributed by atoms with Crippen LogP contribution in [0.25, 0.3) is 11.3 Å². The molecule has 0 spiro atoms. The van der Waals surface area contributed by atoms with E-state index in [9.17, 15) is 24.0 Å². The zero-order chi connectivity index (χ0) is 29.4. The van der Waals surface area contributed by atoms with Crippen molar-refractivity contribution in [3.63, 3.8) is 0 Å². The number of nitrogens with one attached hydrogen (secondary N) is 1. The minimum atomic E-state index is -1.08. The molecule has 0 aliphatic rings. The molecule has 0 aliphatic carbocycles. The van der Waals surface area contributed by atoms with Crippen LogP contribution in [0.15, 0.2) is 42.5 Å². The zero-order valence-corrected chi connectivity index (χ0v) is 23.3. The Labute approximate surface area is 232 Å². The standard InChI is InChI=1S/C22H28N4O5.C4H5ClO3/c1-5-30-20(28)19(27)26(14-13-23-21(29)31-22(2,3)4)15-17-11-12-18(25-24-17)16-9-7-6-8-10-16;1-2-8-4(7)3(5)6/h6-12H,5,13-15H2,1-4H3,(H,23,29);2H2,1H3. The van der Waals surface area contributed by atoms with Crippen molar-refractivity contribution in [3.8, 4) is 11.3 Å². The molecule has 0 radical (unpaired) electrons. The summed E-state index contributed by atoms with van der Waals surface area (Å²) in [7, 11) is 0. The highest BCUT2D eigenvalue weighted by Crippen LogP contribution is 2.15. The number of hydrogen-bond acceptors (Lipinski definition) is 10. The average molecular weight is 565 g/mol. The summed E-state index contributed by atoms with van der Waals surface area (Å²) < 4.78 is 14.2. The molecule has 12 nitrogen and oxygen atoms in total. The molecular formula is C26H33ClN4O8. The SMILES string of the molecule is CCOC(=O)C(=O)Cl.CCOC(=O)C(=O)N(CCNC(=O)OC(C)(C)C)Cc1ccc(-c2ccccc2)nn1. The van der Waals surface area contributed by atoms with Gasteiger partial charge in [0.2, 0.25) is 0 Å². The molecule has 0 aliphatic heterocycles. The molecule has 0 bridgehead atoms. The van der Waals surface area contributed by atoms with Crippen LogP contribution in [0.1, 0.15) is 40.3 Å². The summed E-state index contributed by atoms with van der Waals surface area (Å²) in [6.45, 7) is 8.93. The Balaban J connectivity index is 0.000000824. The maximum absolute atomic E-state index is 12.5. The Kier molecular flexibility index (Phi) is 14.1. The number of rotatable bonds is 9. The van der Waals surface area contributed by atoms with Crippen LogP contribution in [0, 0.1) is 0 Å². The minimum absolute atomic E-state index is 0.0374. The predicted octanol–water partition coefficient (Wildman–Crippen LogP) is 2.87. The highest BCUT2D eigenvalue weighted by Gasteiger charge is 2.24. The lowest BCUT2D eigenvalue weighted by atomic mass is 10.1. The quantitative estimate of drug-likeness (QED) is 0.208. The number of esters is 2. The van der Waals surface area contributed by atoms with Gasteiger partial charge in [0, 0.05) is 18.7 Å². The van der Waals surface area contributed by atoms with Crippen LogP contribution >= 0.6 is 11.6 Å². The lowest BCUT2D eigenvalue weighted by Crippen LogP contribution is -2.43. The Bertz CT molecular complexity index is 1110. The molecule has 0 saturated heterocycles. The zero-order valence-electron chi connectivity index (χ0n) is 22.6. The number of alkyl carbamates (subject to hydrolysis) is 1. The molecule has 1 aromatic carbocycles. The summed E-state index contributed by atoms with van der Waals surface area (Å²) in [5, 5.41) is 9.86. The van der Waals surface area contributed by atoms with Gasteiger partial charge in [-0.2, -0.15) is 10.2 Å². The van der Waals surface area contributed by atoms with Crippen molar-refractivity contribution in [1.82, 2.24) is 20.4 Å². The van der Waals surface area contributed by atoms with Gasteiger partial charge < -0.3 is 24.4 Å². The molecule has 1 heterocycles. The number of carbonyl (C=O) groups is 5. The predicted molar refractivity (Wildman–Crippen MR) is 141 cm³/mol. The Morgan fingerprint density at radius 1 is 0.897 bits per heavy atom. The Morgan fingerprint density at radius 2 is 1.51 bits per heavy atom. The molecular weight excluding hydrogens is 532 g/mol. The highest BCUT2D eigenvalue weighted by atomic mass is 35.5. The van der Waals surface area contributed by atoms with E-state index in [2.05, 4.69) is 20.3 Å². The lowest BCUT2D eigenvalue weighted by molar-refractivity contribution is -0.160. The summed E-state index contributed by atoms with van der Waals surface area (Å²) in [5.41, 5.74) is 1.47. The number of ether oxygens (including phenoxy) is 3. The Morgan fingerprint density at radius 3 is 2.00 bits per heavy atom.